The van der Waals surface area contributed by atoms with Crippen molar-refractivity contribution in [2.45, 2.75) is 30.9 Å². The Kier molecular flexibility index (Phi) is 6.59. The van der Waals surface area contributed by atoms with Crippen molar-refractivity contribution in [2.24, 2.45) is 0 Å². The van der Waals surface area contributed by atoms with E-state index in [4.69, 9.17) is 18.9 Å². The van der Waals surface area contributed by atoms with Gasteiger partial charge in [0, 0.05) is 0 Å². The van der Waals surface area contributed by atoms with Crippen LogP contribution in [-0.2, 0) is 14.8 Å². The monoisotopic (exact) mass is 524 g/mol. The van der Waals surface area contributed by atoms with Crippen LogP contribution in [0.25, 0.3) is 0 Å². The molecule has 2 heterocycles. The van der Waals surface area contributed by atoms with Crippen molar-refractivity contribution in [3.8, 4) is 23.0 Å². The number of ether oxygens (including phenoxy) is 4. The van der Waals surface area contributed by atoms with E-state index in [0.29, 0.717) is 41.9 Å². The minimum Gasteiger partial charge on any atom is -0.497 e. The first-order chi connectivity index (χ1) is 17.8. The first kappa shape index (κ1) is 24.8. The molecule has 194 valence electrons. The van der Waals surface area contributed by atoms with Gasteiger partial charge in [0.15, 0.2) is 17.6 Å². The molecule has 1 N–H and O–H groups in total. The van der Waals surface area contributed by atoms with Crippen LogP contribution in [0.4, 0.5) is 5.69 Å². The van der Waals surface area contributed by atoms with Gasteiger partial charge in [-0.3, -0.25) is 9.10 Å². The number of methoxy groups -OCH3 is 1. The lowest BCUT2D eigenvalue weighted by molar-refractivity contribution is -0.128. The lowest BCUT2D eigenvalue weighted by atomic mass is 10.1. The minimum absolute atomic E-state index is 0.0885. The van der Waals surface area contributed by atoms with Gasteiger partial charge in [0.2, 0.25) is 0 Å². The smallest absolute Gasteiger partial charge is 0.264 e. The summed E-state index contributed by atoms with van der Waals surface area (Å²) in [6.45, 7) is 4.50. The third kappa shape index (κ3) is 4.89. The number of nitrogens with zero attached hydrogens (tertiary/aromatic N) is 1. The van der Waals surface area contributed by atoms with Gasteiger partial charge in [0.25, 0.3) is 15.9 Å². The van der Waals surface area contributed by atoms with Gasteiger partial charge in [-0.15, -0.1) is 0 Å². The molecule has 0 radical (unpaired) electrons. The molecule has 0 fully saturated rings. The van der Waals surface area contributed by atoms with Gasteiger partial charge in [0.05, 0.1) is 30.3 Å². The molecule has 0 aliphatic carbocycles. The van der Waals surface area contributed by atoms with Crippen molar-refractivity contribution in [1.82, 2.24) is 5.32 Å². The van der Waals surface area contributed by atoms with Crippen LogP contribution in [-0.4, -0.2) is 47.3 Å². The molecule has 0 spiro atoms. The molecule has 2 aliphatic rings. The molecule has 0 bridgehead atoms. The number of aryl methyl sites for hydroxylation is 1. The molecule has 0 unspecified atom stereocenters. The predicted molar refractivity (Wildman–Crippen MR) is 137 cm³/mol. The van der Waals surface area contributed by atoms with Crippen LogP contribution < -0.4 is 28.6 Å². The van der Waals surface area contributed by atoms with E-state index in [-0.39, 0.29) is 17.5 Å². The van der Waals surface area contributed by atoms with Crippen molar-refractivity contribution in [2.75, 3.05) is 31.2 Å². The molecule has 0 saturated carbocycles. The van der Waals surface area contributed by atoms with Gasteiger partial charge < -0.3 is 24.3 Å². The number of fused-ring (bicyclic) bond motifs is 2. The van der Waals surface area contributed by atoms with Crippen LogP contribution >= 0.6 is 0 Å². The number of sulfonamides is 1. The first-order valence-corrected chi connectivity index (χ1v) is 13.3. The van der Waals surface area contributed by atoms with E-state index in [1.165, 1.54) is 23.5 Å². The summed E-state index contributed by atoms with van der Waals surface area (Å²) in [6, 6.07) is 16.5. The molecule has 2 aliphatic heterocycles. The van der Waals surface area contributed by atoms with Gasteiger partial charge in [-0.25, -0.2) is 8.42 Å². The molecule has 3 aromatic carbocycles. The lowest BCUT2D eigenvalue weighted by Crippen LogP contribution is -2.51. The normalized spacial score (nSPS) is 17.3. The maximum absolute atomic E-state index is 13.7. The number of rotatable bonds is 6. The fourth-order valence-electron chi connectivity index (χ4n) is 4.32. The fraction of sp³-hybridized carbons (Fsp3) is 0.296. The second kappa shape index (κ2) is 9.85. The van der Waals surface area contributed by atoms with Crippen molar-refractivity contribution >= 4 is 21.6 Å². The highest BCUT2D eigenvalue weighted by atomic mass is 32.2. The summed E-state index contributed by atoms with van der Waals surface area (Å²) >= 11 is 0. The maximum atomic E-state index is 13.7. The second-order valence-electron chi connectivity index (χ2n) is 8.92. The molecular weight excluding hydrogens is 496 g/mol. The molecule has 3 aromatic rings. The quantitative estimate of drug-likeness (QED) is 0.526. The number of anilines is 1. The number of carbonyl (C=O) groups is 1. The highest BCUT2D eigenvalue weighted by Gasteiger charge is 2.38. The third-order valence-electron chi connectivity index (χ3n) is 6.35. The lowest BCUT2D eigenvalue weighted by Gasteiger charge is -2.35. The third-order valence-corrected chi connectivity index (χ3v) is 8.14. The maximum Gasteiger partial charge on any atom is 0.264 e. The average molecular weight is 525 g/mol. The number of benzene rings is 3. The highest BCUT2D eigenvalue weighted by Crippen LogP contribution is 2.38. The molecular formula is C27H28N2O7S. The first-order valence-electron chi connectivity index (χ1n) is 11.9. The molecule has 5 rings (SSSR count). The van der Waals surface area contributed by atoms with Crippen molar-refractivity contribution < 1.29 is 32.2 Å². The number of amides is 1. The largest absolute Gasteiger partial charge is 0.497 e. The van der Waals surface area contributed by atoms with Crippen LogP contribution in [0, 0.1) is 6.92 Å². The minimum atomic E-state index is -3.98. The molecule has 2 atom stereocenters. The zero-order valence-electron chi connectivity index (χ0n) is 20.8. The van der Waals surface area contributed by atoms with Crippen molar-refractivity contribution in [1.29, 1.82) is 0 Å². The van der Waals surface area contributed by atoms with Gasteiger partial charge in [-0.2, -0.15) is 0 Å². The molecule has 10 heteroatoms. The van der Waals surface area contributed by atoms with Gasteiger partial charge in [-0.05, 0) is 73.5 Å². The van der Waals surface area contributed by atoms with Crippen LogP contribution in [0.1, 0.15) is 24.1 Å². The van der Waals surface area contributed by atoms with E-state index in [0.717, 1.165) is 11.1 Å². The molecule has 0 aromatic heterocycles. The Balaban J connectivity index is 1.40. The van der Waals surface area contributed by atoms with Crippen LogP contribution in [0.15, 0.2) is 65.6 Å². The molecule has 37 heavy (non-hydrogen) atoms. The fourth-order valence-corrected chi connectivity index (χ4v) is 5.80. The summed E-state index contributed by atoms with van der Waals surface area (Å²) in [7, 11) is -2.47. The molecule has 9 nitrogen and oxygen atoms in total. The molecule has 1 amide bonds. The Morgan fingerprint density at radius 2 is 1.73 bits per heavy atom. The summed E-state index contributed by atoms with van der Waals surface area (Å²) in [6.07, 6.45) is -1.05. The van der Waals surface area contributed by atoms with Crippen molar-refractivity contribution in [3.63, 3.8) is 0 Å². The highest BCUT2D eigenvalue weighted by molar-refractivity contribution is 7.92. The van der Waals surface area contributed by atoms with E-state index in [1.807, 2.05) is 38.1 Å². The summed E-state index contributed by atoms with van der Waals surface area (Å²) in [5, 5.41) is 2.95. The van der Waals surface area contributed by atoms with Gasteiger partial charge in [-0.1, -0.05) is 12.1 Å². The average Bonchev–Trinajstić information content (AvgIpc) is 2.91. The Labute approximate surface area is 216 Å². The van der Waals surface area contributed by atoms with Gasteiger partial charge >= 0.3 is 0 Å². The standard InChI is InChI=1S/C27H28N2O7S/c1-17-4-10-22-24(14-17)36-26(16-29(22)37(31,32)21-8-6-20(33-3)7-9-21)27(30)28-18(2)19-5-11-23-25(15-19)35-13-12-34-23/h4-11,14-15,18,26H,12-13,16H2,1-3H3,(H,28,30)/t18-,26+/m1/s1. The zero-order chi connectivity index (χ0) is 26.2. The number of hydrogen-bond donors (Lipinski definition) is 1. The topological polar surface area (TPSA) is 103 Å². The van der Waals surface area contributed by atoms with E-state index in [2.05, 4.69) is 5.32 Å². The summed E-state index contributed by atoms with van der Waals surface area (Å²) < 4.78 is 50.9. The van der Waals surface area contributed by atoms with E-state index >= 15 is 0 Å². The zero-order valence-corrected chi connectivity index (χ0v) is 21.6. The van der Waals surface area contributed by atoms with E-state index in [9.17, 15) is 13.2 Å². The molecule has 0 saturated heterocycles. The Hall–Kier alpha value is -3.92. The van der Waals surface area contributed by atoms with Crippen LogP contribution in [0.5, 0.6) is 23.0 Å². The van der Waals surface area contributed by atoms with Crippen LogP contribution in [0.2, 0.25) is 0 Å². The Morgan fingerprint density at radius 1 is 1.00 bits per heavy atom. The number of carbonyl (C=O) groups excluding carboxylic acids is 1. The summed E-state index contributed by atoms with van der Waals surface area (Å²) in [4.78, 5) is 13.4. The van der Waals surface area contributed by atoms with E-state index in [1.54, 1.807) is 24.3 Å². The predicted octanol–water partition coefficient (Wildman–Crippen LogP) is 3.61. The van der Waals surface area contributed by atoms with Gasteiger partial charge in [0.1, 0.15) is 24.7 Å². The SMILES string of the molecule is COc1ccc(S(=O)(=O)N2C[C@@H](C(=O)N[C@H](C)c3ccc4c(c3)OCCO4)Oc3cc(C)ccc32)cc1. The summed E-state index contributed by atoms with van der Waals surface area (Å²) in [5.41, 5.74) is 2.09. The Bertz CT molecular complexity index is 1420. The van der Waals surface area contributed by atoms with E-state index < -0.39 is 22.0 Å². The number of hydrogen-bond acceptors (Lipinski definition) is 7. The second-order valence-corrected chi connectivity index (χ2v) is 10.8. The summed E-state index contributed by atoms with van der Waals surface area (Å²) in [5.74, 6) is 1.73. The van der Waals surface area contributed by atoms with Crippen LogP contribution in [0.3, 0.4) is 0 Å². The number of nitrogens with one attached hydrogen (secondary N) is 1. The Morgan fingerprint density at radius 3 is 2.46 bits per heavy atom. The van der Waals surface area contributed by atoms with Crippen molar-refractivity contribution in [3.05, 3.63) is 71.8 Å².